The molecule has 1 aromatic rings. The molecular formula is C16H23NO3. The Bertz CT molecular complexity index is 457. The zero-order chi connectivity index (χ0) is 15.0. The van der Waals surface area contributed by atoms with E-state index in [1.807, 2.05) is 38.1 Å². The number of ether oxygens (including phenoxy) is 1. The van der Waals surface area contributed by atoms with Gasteiger partial charge in [-0.1, -0.05) is 31.2 Å². The average Bonchev–Trinajstić information content (AvgIpc) is 2.45. The minimum Gasteiger partial charge on any atom is -0.469 e. The number of carbonyl (C=O) groups is 2. The van der Waals surface area contributed by atoms with E-state index in [0.717, 1.165) is 0 Å². The first-order valence-electron chi connectivity index (χ1n) is 6.97. The van der Waals surface area contributed by atoms with Gasteiger partial charge >= 0.3 is 5.97 Å². The molecule has 1 aromatic carbocycles. The van der Waals surface area contributed by atoms with Crippen LogP contribution in [-0.2, 0) is 20.7 Å². The van der Waals surface area contributed by atoms with Gasteiger partial charge in [0.15, 0.2) is 0 Å². The van der Waals surface area contributed by atoms with Crippen LogP contribution in [0, 0.1) is 6.92 Å². The monoisotopic (exact) mass is 277 g/mol. The maximum atomic E-state index is 11.9. The first-order chi connectivity index (χ1) is 9.56. The first-order valence-corrected chi connectivity index (χ1v) is 6.97. The lowest BCUT2D eigenvalue weighted by molar-refractivity contribution is -0.141. The van der Waals surface area contributed by atoms with Gasteiger partial charge in [-0.15, -0.1) is 0 Å². The molecule has 0 saturated carbocycles. The van der Waals surface area contributed by atoms with Crippen LogP contribution in [0.2, 0.25) is 0 Å². The number of nitrogens with one attached hydrogen (secondary N) is 1. The van der Waals surface area contributed by atoms with Crippen LogP contribution in [0.3, 0.4) is 0 Å². The van der Waals surface area contributed by atoms with E-state index in [1.54, 1.807) is 0 Å². The lowest BCUT2D eigenvalue weighted by atomic mass is 10.0. The highest BCUT2D eigenvalue weighted by Gasteiger charge is 2.15. The average molecular weight is 277 g/mol. The molecule has 4 nitrogen and oxygen atoms in total. The molecule has 110 valence electrons. The third-order valence-corrected chi connectivity index (χ3v) is 3.38. The predicted molar refractivity (Wildman–Crippen MR) is 78.4 cm³/mol. The summed E-state index contributed by atoms with van der Waals surface area (Å²) in [5.41, 5.74) is 2.38. The molecule has 0 radical (unpaired) electrons. The summed E-state index contributed by atoms with van der Waals surface area (Å²) < 4.78 is 4.62. The Kier molecular flexibility index (Phi) is 6.77. The van der Waals surface area contributed by atoms with Crippen molar-refractivity contribution < 1.29 is 14.3 Å². The Morgan fingerprint density at radius 3 is 2.60 bits per heavy atom. The SMILES string of the molecule is CCC(CC(=O)OC)NC(=O)CCc1ccccc1C. The van der Waals surface area contributed by atoms with E-state index in [2.05, 4.69) is 10.1 Å². The van der Waals surface area contributed by atoms with Crippen molar-refractivity contribution in [2.75, 3.05) is 7.11 Å². The smallest absolute Gasteiger partial charge is 0.307 e. The van der Waals surface area contributed by atoms with E-state index in [-0.39, 0.29) is 24.3 Å². The highest BCUT2D eigenvalue weighted by molar-refractivity contribution is 5.78. The van der Waals surface area contributed by atoms with Crippen LogP contribution in [0.25, 0.3) is 0 Å². The lowest BCUT2D eigenvalue weighted by Crippen LogP contribution is -2.36. The Morgan fingerprint density at radius 2 is 2.00 bits per heavy atom. The Morgan fingerprint density at radius 1 is 1.30 bits per heavy atom. The molecule has 0 aromatic heterocycles. The topological polar surface area (TPSA) is 55.4 Å². The van der Waals surface area contributed by atoms with Crippen LogP contribution in [0.4, 0.5) is 0 Å². The Hall–Kier alpha value is -1.84. The number of aryl methyl sites for hydroxylation is 2. The largest absolute Gasteiger partial charge is 0.469 e. The van der Waals surface area contributed by atoms with Gasteiger partial charge in [0.05, 0.1) is 13.5 Å². The van der Waals surface area contributed by atoms with Gasteiger partial charge in [-0.25, -0.2) is 0 Å². The summed E-state index contributed by atoms with van der Waals surface area (Å²) in [6, 6.07) is 7.90. The molecule has 0 heterocycles. The molecule has 1 rings (SSSR count). The molecule has 20 heavy (non-hydrogen) atoms. The standard InChI is InChI=1S/C16H23NO3/c1-4-14(11-16(19)20-3)17-15(18)10-9-13-8-6-5-7-12(13)2/h5-8,14H,4,9-11H2,1-3H3,(H,17,18). The lowest BCUT2D eigenvalue weighted by Gasteiger charge is -2.15. The summed E-state index contributed by atoms with van der Waals surface area (Å²) in [6.45, 7) is 3.98. The van der Waals surface area contributed by atoms with Crippen molar-refractivity contribution in [3.63, 3.8) is 0 Å². The van der Waals surface area contributed by atoms with E-state index < -0.39 is 0 Å². The molecule has 1 N–H and O–H groups in total. The minimum atomic E-state index is -0.295. The second-order valence-corrected chi connectivity index (χ2v) is 4.88. The van der Waals surface area contributed by atoms with E-state index >= 15 is 0 Å². The van der Waals surface area contributed by atoms with Crippen molar-refractivity contribution in [3.8, 4) is 0 Å². The fourth-order valence-electron chi connectivity index (χ4n) is 2.02. The van der Waals surface area contributed by atoms with Crippen molar-refractivity contribution in [2.24, 2.45) is 0 Å². The van der Waals surface area contributed by atoms with Gasteiger partial charge in [0.2, 0.25) is 5.91 Å². The van der Waals surface area contributed by atoms with Crippen molar-refractivity contribution in [1.29, 1.82) is 0 Å². The van der Waals surface area contributed by atoms with Crippen molar-refractivity contribution in [3.05, 3.63) is 35.4 Å². The van der Waals surface area contributed by atoms with Crippen molar-refractivity contribution >= 4 is 11.9 Å². The fraction of sp³-hybridized carbons (Fsp3) is 0.500. The van der Waals surface area contributed by atoms with E-state index in [1.165, 1.54) is 18.2 Å². The zero-order valence-corrected chi connectivity index (χ0v) is 12.4. The number of methoxy groups -OCH3 is 1. The molecule has 0 aliphatic carbocycles. The fourth-order valence-corrected chi connectivity index (χ4v) is 2.02. The van der Waals surface area contributed by atoms with Crippen LogP contribution in [0.15, 0.2) is 24.3 Å². The number of esters is 1. The summed E-state index contributed by atoms with van der Waals surface area (Å²) in [4.78, 5) is 23.1. The summed E-state index contributed by atoms with van der Waals surface area (Å²) in [6.07, 6.45) is 2.09. The number of hydrogen-bond donors (Lipinski definition) is 1. The maximum Gasteiger partial charge on any atom is 0.307 e. The van der Waals surface area contributed by atoms with Gasteiger partial charge in [0.25, 0.3) is 0 Å². The van der Waals surface area contributed by atoms with Gasteiger partial charge in [0.1, 0.15) is 0 Å². The molecule has 0 bridgehead atoms. The van der Waals surface area contributed by atoms with Crippen LogP contribution in [-0.4, -0.2) is 25.0 Å². The molecule has 0 aliphatic rings. The van der Waals surface area contributed by atoms with E-state index in [9.17, 15) is 9.59 Å². The first kappa shape index (κ1) is 16.2. The molecule has 0 spiro atoms. The molecule has 1 unspecified atom stereocenters. The highest BCUT2D eigenvalue weighted by atomic mass is 16.5. The van der Waals surface area contributed by atoms with Crippen LogP contribution in [0.5, 0.6) is 0 Å². The molecule has 0 saturated heterocycles. The summed E-state index contributed by atoms with van der Waals surface area (Å²) in [5, 5.41) is 2.88. The second-order valence-electron chi connectivity index (χ2n) is 4.88. The summed E-state index contributed by atoms with van der Waals surface area (Å²) in [7, 11) is 1.36. The second kappa shape index (κ2) is 8.35. The van der Waals surface area contributed by atoms with Gasteiger partial charge in [-0.05, 0) is 30.9 Å². The van der Waals surface area contributed by atoms with Crippen LogP contribution < -0.4 is 5.32 Å². The zero-order valence-electron chi connectivity index (χ0n) is 12.4. The number of benzene rings is 1. The van der Waals surface area contributed by atoms with Gasteiger partial charge in [-0.2, -0.15) is 0 Å². The number of hydrogen-bond acceptors (Lipinski definition) is 3. The van der Waals surface area contributed by atoms with Gasteiger partial charge in [-0.3, -0.25) is 9.59 Å². The van der Waals surface area contributed by atoms with Gasteiger partial charge < -0.3 is 10.1 Å². The number of rotatable bonds is 7. The number of amides is 1. The number of carbonyl (C=O) groups excluding carboxylic acids is 2. The third kappa shape index (κ3) is 5.43. The molecule has 4 heteroatoms. The van der Waals surface area contributed by atoms with Crippen LogP contribution in [0.1, 0.15) is 37.3 Å². The van der Waals surface area contributed by atoms with Crippen molar-refractivity contribution in [2.45, 2.75) is 45.6 Å². The molecule has 1 atom stereocenters. The molecule has 0 fully saturated rings. The third-order valence-electron chi connectivity index (χ3n) is 3.38. The van der Waals surface area contributed by atoms with Crippen molar-refractivity contribution in [1.82, 2.24) is 5.32 Å². The normalized spacial score (nSPS) is 11.8. The van der Waals surface area contributed by atoms with E-state index in [4.69, 9.17) is 0 Å². The Labute approximate surface area is 120 Å². The Balaban J connectivity index is 2.42. The highest BCUT2D eigenvalue weighted by Crippen LogP contribution is 2.09. The minimum absolute atomic E-state index is 0.0241. The summed E-state index contributed by atoms with van der Waals surface area (Å²) >= 11 is 0. The molecule has 1 amide bonds. The van der Waals surface area contributed by atoms with E-state index in [0.29, 0.717) is 19.3 Å². The predicted octanol–water partition coefficient (Wildman–Crippen LogP) is 2.39. The molecule has 0 aliphatic heterocycles. The van der Waals surface area contributed by atoms with Crippen LogP contribution >= 0.6 is 0 Å². The molecular weight excluding hydrogens is 254 g/mol. The quantitative estimate of drug-likeness (QED) is 0.779. The maximum absolute atomic E-state index is 11.9. The summed E-state index contributed by atoms with van der Waals surface area (Å²) in [5.74, 6) is -0.319. The van der Waals surface area contributed by atoms with Gasteiger partial charge in [0, 0.05) is 12.5 Å².